The van der Waals surface area contributed by atoms with Crippen molar-refractivity contribution in [3.8, 4) is 5.75 Å². The molecule has 0 radical (unpaired) electrons. The Labute approximate surface area is 164 Å². The van der Waals surface area contributed by atoms with Crippen LogP contribution in [-0.4, -0.2) is 32.5 Å². The van der Waals surface area contributed by atoms with E-state index < -0.39 is 29.7 Å². The number of para-hydroxylation sites is 1. The van der Waals surface area contributed by atoms with E-state index in [2.05, 4.69) is 20.1 Å². The van der Waals surface area contributed by atoms with Gasteiger partial charge in [-0.15, -0.1) is 8.78 Å². The number of rotatable bonds is 6. The quantitative estimate of drug-likeness (QED) is 0.546. The van der Waals surface area contributed by atoms with Crippen LogP contribution < -0.4 is 20.3 Å². The molecule has 0 spiro atoms. The van der Waals surface area contributed by atoms with Crippen LogP contribution in [0.15, 0.2) is 48.5 Å². The summed E-state index contributed by atoms with van der Waals surface area (Å²) in [7, 11) is 1.93. The average Bonchev–Trinajstić information content (AvgIpc) is 2.65. The summed E-state index contributed by atoms with van der Waals surface area (Å²) in [4.78, 5) is 14.0. The summed E-state index contributed by atoms with van der Waals surface area (Å²) in [5, 5.41) is 4.98. The minimum atomic E-state index is -4.43. The van der Waals surface area contributed by atoms with Crippen LogP contribution >= 0.6 is 0 Å². The number of alkyl halides is 4. The first-order valence-corrected chi connectivity index (χ1v) is 8.77. The van der Waals surface area contributed by atoms with Crippen molar-refractivity contribution < 1.29 is 31.8 Å². The molecule has 6 nitrogen and oxygen atoms in total. The molecule has 2 N–H and O–H groups in total. The van der Waals surface area contributed by atoms with E-state index in [4.69, 9.17) is 0 Å². The predicted octanol–water partition coefficient (Wildman–Crippen LogP) is 4.34. The number of halogens is 4. The van der Waals surface area contributed by atoms with E-state index in [1.165, 1.54) is 6.07 Å². The Morgan fingerprint density at radius 1 is 1.10 bits per heavy atom. The predicted molar refractivity (Wildman–Crippen MR) is 98.3 cm³/mol. The topological polar surface area (TPSA) is 62.8 Å². The second-order valence-corrected chi connectivity index (χ2v) is 6.39. The molecule has 0 fully saturated rings. The summed E-state index contributed by atoms with van der Waals surface area (Å²) in [5.41, 5.74) is 0.132. The summed E-state index contributed by atoms with van der Waals surface area (Å²) < 4.78 is 61.0. The standard InChI is InChI=1S/C19H19F4N3O3/c1-26(14-6-3-2-4-7-14)11-5-10-24-17(27)25-13-8-9-16-15(12-13)18(20,21)29-19(22,23)28-16/h2-4,6-9,12H,5,10-11H2,1H3,(H2,24,25,27). The van der Waals surface area contributed by atoms with Crippen LogP contribution in [-0.2, 0) is 10.8 Å². The van der Waals surface area contributed by atoms with Crippen molar-refractivity contribution in [1.82, 2.24) is 5.32 Å². The minimum Gasteiger partial charge on any atom is -0.409 e. The van der Waals surface area contributed by atoms with Crippen LogP contribution in [0.3, 0.4) is 0 Å². The lowest BCUT2D eigenvalue weighted by Crippen LogP contribution is -2.41. The Balaban J connectivity index is 1.50. The average molecular weight is 413 g/mol. The maximum Gasteiger partial charge on any atom is 0.540 e. The minimum absolute atomic E-state index is 0.0141. The van der Waals surface area contributed by atoms with Gasteiger partial charge in [-0.3, -0.25) is 0 Å². The van der Waals surface area contributed by atoms with Crippen molar-refractivity contribution in [2.75, 3.05) is 30.4 Å². The molecule has 29 heavy (non-hydrogen) atoms. The van der Waals surface area contributed by atoms with Crippen LogP contribution in [0.4, 0.5) is 33.7 Å². The Bertz CT molecular complexity index is 865. The van der Waals surface area contributed by atoms with Crippen LogP contribution in [0, 0.1) is 0 Å². The molecule has 2 amide bonds. The molecule has 1 aliphatic heterocycles. The Kier molecular flexibility index (Phi) is 5.83. The molecule has 10 heteroatoms. The number of hydrogen-bond acceptors (Lipinski definition) is 4. The van der Waals surface area contributed by atoms with Gasteiger partial charge in [0.2, 0.25) is 0 Å². The molecule has 1 heterocycles. The highest BCUT2D eigenvalue weighted by Crippen LogP contribution is 2.46. The van der Waals surface area contributed by atoms with Crippen molar-refractivity contribution >= 4 is 17.4 Å². The van der Waals surface area contributed by atoms with Crippen LogP contribution in [0.1, 0.15) is 12.0 Å². The molecule has 0 aliphatic carbocycles. The molecule has 156 valence electrons. The largest absolute Gasteiger partial charge is 0.540 e. The number of fused-ring (bicyclic) bond motifs is 1. The third-order valence-electron chi connectivity index (χ3n) is 4.18. The van der Waals surface area contributed by atoms with Gasteiger partial charge in [-0.1, -0.05) is 18.2 Å². The first-order valence-electron chi connectivity index (χ1n) is 8.77. The van der Waals surface area contributed by atoms with E-state index in [-0.39, 0.29) is 5.69 Å². The van der Waals surface area contributed by atoms with Crippen molar-refractivity contribution in [1.29, 1.82) is 0 Å². The van der Waals surface area contributed by atoms with E-state index in [9.17, 15) is 22.4 Å². The van der Waals surface area contributed by atoms with Gasteiger partial charge in [0, 0.05) is 31.5 Å². The zero-order valence-electron chi connectivity index (χ0n) is 15.4. The lowest BCUT2D eigenvalue weighted by Gasteiger charge is -2.30. The zero-order chi connectivity index (χ0) is 21.1. The van der Waals surface area contributed by atoms with Gasteiger partial charge < -0.3 is 20.3 Å². The van der Waals surface area contributed by atoms with Crippen LogP contribution in [0.5, 0.6) is 5.75 Å². The molecule has 0 saturated heterocycles. The van der Waals surface area contributed by atoms with Crippen molar-refractivity contribution in [2.45, 2.75) is 18.8 Å². The molecule has 0 atom stereocenters. The Hall–Kier alpha value is -3.01. The fraction of sp³-hybridized carbons (Fsp3) is 0.316. The van der Waals surface area contributed by atoms with Gasteiger partial charge in [-0.05, 0) is 36.8 Å². The van der Waals surface area contributed by atoms with Gasteiger partial charge in [0.15, 0.2) is 0 Å². The van der Waals surface area contributed by atoms with Gasteiger partial charge in [0.25, 0.3) is 0 Å². The van der Waals surface area contributed by atoms with Crippen molar-refractivity contribution in [3.05, 3.63) is 54.1 Å². The third-order valence-corrected chi connectivity index (χ3v) is 4.18. The van der Waals surface area contributed by atoms with Crippen LogP contribution in [0.2, 0.25) is 0 Å². The SMILES string of the molecule is CN(CCCNC(=O)Nc1ccc2c(c1)C(F)(F)OC(F)(F)O2)c1ccccc1. The number of ether oxygens (including phenoxy) is 2. The van der Waals surface area contributed by atoms with Gasteiger partial charge >= 0.3 is 18.4 Å². The normalized spacial score (nSPS) is 16.3. The summed E-state index contributed by atoms with van der Waals surface area (Å²) in [6.07, 6.45) is -8.04. The second-order valence-electron chi connectivity index (χ2n) is 6.39. The number of hydrogen-bond donors (Lipinski definition) is 2. The summed E-state index contributed by atoms with van der Waals surface area (Å²) in [6, 6.07) is 12.0. The van der Waals surface area contributed by atoms with Crippen molar-refractivity contribution in [3.63, 3.8) is 0 Å². The van der Waals surface area contributed by atoms with E-state index in [0.29, 0.717) is 19.5 Å². The highest BCUT2D eigenvalue weighted by molar-refractivity contribution is 5.89. The number of amides is 2. The third kappa shape index (κ3) is 5.29. The van der Waals surface area contributed by atoms with E-state index >= 15 is 0 Å². The van der Waals surface area contributed by atoms with Crippen molar-refractivity contribution in [2.24, 2.45) is 0 Å². The highest BCUT2D eigenvalue weighted by atomic mass is 19.3. The zero-order valence-corrected chi connectivity index (χ0v) is 15.4. The Morgan fingerprint density at radius 2 is 1.83 bits per heavy atom. The number of urea groups is 1. The fourth-order valence-corrected chi connectivity index (χ4v) is 2.78. The molecule has 2 aromatic rings. The lowest BCUT2D eigenvalue weighted by atomic mass is 10.1. The second kappa shape index (κ2) is 8.16. The maximum atomic E-state index is 13.8. The maximum absolute atomic E-state index is 13.8. The summed E-state index contributed by atoms with van der Waals surface area (Å²) >= 11 is 0. The number of carbonyl (C=O) groups is 1. The monoisotopic (exact) mass is 413 g/mol. The first-order chi connectivity index (χ1) is 13.7. The Morgan fingerprint density at radius 3 is 2.55 bits per heavy atom. The number of nitrogens with zero attached hydrogens (tertiary/aromatic N) is 1. The summed E-state index contributed by atoms with van der Waals surface area (Å²) in [5.74, 6) is -0.721. The molecule has 0 unspecified atom stereocenters. The molecule has 0 saturated carbocycles. The molecule has 0 aromatic heterocycles. The van der Waals surface area contributed by atoms with Gasteiger partial charge in [-0.2, -0.15) is 8.78 Å². The number of nitrogens with one attached hydrogen (secondary N) is 2. The number of carbonyl (C=O) groups excluding carboxylic acids is 1. The van der Waals surface area contributed by atoms with Gasteiger partial charge in [-0.25, -0.2) is 9.53 Å². The van der Waals surface area contributed by atoms with Gasteiger partial charge in [0.05, 0.1) is 5.56 Å². The van der Waals surface area contributed by atoms with E-state index in [1.54, 1.807) is 0 Å². The molecule has 3 rings (SSSR count). The molecule has 1 aliphatic rings. The van der Waals surface area contributed by atoms with E-state index in [0.717, 1.165) is 17.8 Å². The molecular formula is C19H19F4N3O3. The smallest absolute Gasteiger partial charge is 0.409 e. The van der Waals surface area contributed by atoms with Gasteiger partial charge in [0.1, 0.15) is 5.75 Å². The molecule has 2 aromatic carbocycles. The molecular weight excluding hydrogens is 394 g/mol. The number of anilines is 2. The van der Waals surface area contributed by atoms with E-state index in [1.807, 2.05) is 42.3 Å². The lowest BCUT2D eigenvalue weighted by molar-refractivity contribution is -0.461. The highest BCUT2D eigenvalue weighted by Gasteiger charge is 2.54. The fourth-order valence-electron chi connectivity index (χ4n) is 2.78. The van der Waals surface area contributed by atoms with Crippen LogP contribution in [0.25, 0.3) is 0 Å². The number of benzene rings is 2. The molecule has 0 bridgehead atoms. The first kappa shape index (κ1) is 20.7. The summed E-state index contributed by atoms with van der Waals surface area (Å²) in [6.45, 7) is 1.04.